The van der Waals surface area contributed by atoms with E-state index in [9.17, 15) is 9.00 Å². The van der Waals surface area contributed by atoms with Crippen LogP contribution in [0.5, 0.6) is 0 Å². The summed E-state index contributed by atoms with van der Waals surface area (Å²) in [5.41, 5.74) is 0. The molecule has 0 aromatic carbocycles. The molecule has 11 heavy (non-hydrogen) atoms. The van der Waals surface area contributed by atoms with Crippen LogP contribution >= 0.6 is 0 Å². The number of Topliss-reactive ketones (excluding diaryl/α,β-unsaturated/α-hetero) is 1. The average molecular weight is 176 g/mol. The van der Waals surface area contributed by atoms with E-state index in [2.05, 4.69) is 6.92 Å². The summed E-state index contributed by atoms with van der Waals surface area (Å²) in [5, 5.41) is 0. The smallest absolute Gasteiger partial charge is 0.130 e. The van der Waals surface area contributed by atoms with E-state index in [0.717, 1.165) is 18.6 Å². The van der Waals surface area contributed by atoms with Gasteiger partial charge < -0.3 is 0 Å². The van der Waals surface area contributed by atoms with Crippen molar-refractivity contribution in [1.82, 2.24) is 0 Å². The number of unbranched alkanes of at least 4 members (excludes halogenated alkanes) is 1. The highest BCUT2D eigenvalue weighted by atomic mass is 32.2. The van der Waals surface area contributed by atoms with Gasteiger partial charge in [-0.3, -0.25) is 9.00 Å². The molecule has 0 fully saturated rings. The van der Waals surface area contributed by atoms with Crippen molar-refractivity contribution in [3.05, 3.63) is 0 Å². The van der Waals surface area contributed by atoms with E-state index in [1.54, 1.807) is 0 Å². The maximum Gasteiger partial charge on any atom is 0.130 e. The summed E-state index contributed by atoms with van der Waals surface area (Å²) < 4.78 is 11.1. The number of ketones is 1. The zero-order valence-corrected chi connectivity index (χ0v) is 8.08. The molecule has 0 rings (SSSR count). The maximum absolute atomic E-state index is 11.1. The average Bonchev–Trinajstić information content (AvgIpc) is 1.97. The van der Waals surface area contributed by atoms with Crippen molar-refractivity contribution < 1.29 is 9.00 Å². The fourth-order valence-electron chi connectivity index (χ4n) is 0.665. The molecule has 0 spiro atoms. The molecule has 1 unspecified atom stereocenters. The van der Waals surface area contributed by atoms with E-state index in [1.165, 1.54) is 6.92 Å². The molecule has 0 aliphatic heterocycles. The first-order valence-corrected chi connectivity index (χ1v) is 5.50. The molecule has 0 aromatic heterocycles. The standard InChI is InChI=1S/C8H16O2S/c1-3-4-6-11(10)7-5-8(2)9/h3-7H2,1-2H3. The number of rotatable bonds is 6. The molecule has 0 radical (unpaired) electrons. The third-order valence-corrected chi connectivity index (χ3v) is 2.81. The first kappa shape index (κ1) is 10.8. The predicted octanol–water partition coefficient (Wildman–Crippen LogP) is 1.51. The van der Waals surface area contributed by atoms with Crippen LogP contribution in [0.1, 0.15) is 33.1 Å². The Morgan fingerprint density at radius 2 is 2.00 bits per heavy atom. The number of carbonyl (C=O) groups excluding carboxylic acids is 1. The highest BCUT2D eigenvalue weighted by Gasteiger charge is 2.00. The molecule has 1 atom stereocenters. The maximum atomic E-state index is 11.1. The normalized spacial score (nSPS) is 12.9. The minimum absolute atomic E-state index is 0.134. The van der Waals surface area contributed by atoms with Crippen LogP contribution < -0.4 is 0 Å². The van der Waals surface area contributed by atoms with Gasteiger partial charge in [0.05, 0.1) is 0 Å². The molecule has 3 heteroatoms. The van der Waals surface area contributed by atoms with Crippen molar-refractivity contribution in [2.45, 2.75) is 33.1 Å². The summed E-state index contributed by atoms with van der Waals surface area (Å²) in [6.45, 7) is 3.61. The van der Waals surface area contributed by atoms with Gasteiger partial charge in [0.2, 0.25) is 0 Å². The molecular weight excluding hydrogens is 160 g/mol. The first-order chi connectivity index (χ1) is 5.16. The summed E-state index contributed by atoms with van der Waals surface area (Å²) in [6, 6.07) is 0. The van der Waals surface area contributed by atoms with Gasteiger partial charge in [-0.15, -0.1) is 0 Å². The van der Waals surface area contributed by atoms with Crippen molar-refractivity contribution in [2.24, 2.45) is 0 Å². The Labute approximate surface area is 70.8 Å². The van der Waals surface area contributed by atoms with E-state index >= 15 is 0 Å². The topological polar surface area (TPSA) is 34.1 Å². The zero-order chi connectivity index (χ0) is 8.69. The summed E-state index contributed by atoms with van der Waals surface area (Å²) >= 11 is 0. The quantitative estimate of drug-likeness (QED) is 0.615. The second-order valence-electron chi connectivity index (χ2n) is 2.65. The Morgan fingerprint density at radius 1 is 1.36 bits per heavy atom. The van der Waals surface area contributed by atoms with Crippen molar-refractivity contribution in [2.75, 3.05) is 11.5 Å². The lowest BCUT2D eigenvalue weighted by molar-refractivity contribution is -0.116. The highest BCUT2D eigenvalue weighted by Crippen LogP contribution is 1.94. The molecule has 0 aliphatic rings. The SMILES string of the molecule is CCCCS(=O)CCC(C)=O. The fraction of sp³-hybridized carbons (Fsp3) is 0.875. The van der Waals surface area contributed by atoms with E-state index in [1.807, 2.05) is 0 Å². The largest absolute Gasteiger partial charge is 0.300 e. The van der Waals surface area contributed by atoms with E-state index in [0.29, 0.717) is 12.2 Å². The van der Waals surface area contributed by atoms with Crippen LogP contribution in [-0.4, -0.2) is 21.5 Å². The minimum atomic E-state index is -0.761. The lowest BCUT2D eigenvalue weighted by Crippen LogP contribution is -2.05. The molecule has 0 saturated carbocycles. The first-order valence-electron chi connectivity index (χ1n) is 4.01. The lowest BCUT2D eigenvalue weighted by Gasteiger charge is -1.97. The van der Waals surface area contributed by atoms with Gasteiger partial charge in [-0.2, -0.15) is 0 Å². The molecule has 2 nitrogen and oxygen atoms in total. The molecule has 0 aliphatic carbocycles. The Kier molecular flexibility index (Phi) is 6.42. The third-order valence-electron chi connectivity index (χ3n) is 1.41. The molecule has 0 N–H and O–H groups in total. The van der Waals surface area contributed by atoms with Gasteiger partial charge in [0, 0.05) is 28.7 Å². The minimum Gasteiger partial charge on any atom is -0.300 e. The zero-order valence-electron chi connectivity index (χ0n) is 7.26. The van der Waals surface area contributed by atoms with Crippen LogP contribution in [0.2, 0.25) is 0 Å². The molecule has 0 aromatic rings. The van der Waals surface area contributed by atoms with Crippen LogP contribution in [-0.2, 0) is 15.6 Å². The molecule has 0 bridgehead atoms. The van der Waals surface area contributed by atoms with Crippen molar-refractivity contribution in [1.29, 1.82) is 0 Å². The Balaban J connectivity index is 3.30. The fourth-order valence-corrected chi connectivity index (χ4v) is 1.99. The molecule has 0 heterocycles. The second-order valence-corrected chi connectivity index (χ2v) is 4.35. The van der Waals surface area contributed by atoms with Gasteiger partial charge in [0.1, 0.15) is 5.78 Å². The van der Waals surface area contributed by atoms with Gasteiger partial charge in [0.15, 0.2) is 0 Å². The molecular formula is C8H16O2S. The summed E-state index contributed by atoms with van der Waals surface area (Å²) in [4.78, 5) is 10.5. The summed E-state index contributed by atoms with van der Waals surface area (Å²) in [5.74, 6) is 1.44. The highest BCUT2D eigenvalue weighted by molar-refractivity contribution is 7.84. The van der Waals surface area contributed by atoms with Crippen molar-refractivity contribution >= 4 is 16.6 Å². The van der Waals surface area contributed by atoms with Crippen LogP contribution in [0.3, 0.4) is 0 Å². The summed E-state index contributed by atoms with van der Waals surface area (Å²) in [6.07, 6.45) is 2.55. The Morgan fingerprint density at radius 3 is 2.45 bits per heavy atom. The molecule has 0 saturated heterocycles. The summed E-state index contributed by atoms with van der Waals surface area (Å²) in [7, 11) is -0.761. The molecule has 0 amide bonds. The van der Waals surface area contributed by atoms with Gasteiger partial charge in [-0.05, 0) is 13.3 Å². The molecule has 66 valence electrons. The van der Waals surface area contributed by atoms with E-state index in [-0.39, 0.29) is 5.78 Å². The third kappa shape index (κ3) is 7.72. The van der Waals surface area contributed by atoms with Crippen LogP contribution in [0.4, 0.5) is 0 Å². The predicted molar refractivity (Wildman–Crippen MR) is 48.1 cm³/mol. The monoisotopic (exact) mass is 176 g/mol. The number of carbonyl (C=O) groups is 1. The Bertz CT molecular complexity index is 143. The van der Waals surface area contributed by atoms with E-state index < -0.39 is 10.8 Å². The van der Waals surface area contributed by atoms with Crippen LogP contribution in [0.15, 0.2) is 0 Å². The van der Waals surface area contributed by atoms with Gasteiger partial charge in [-0.25, -0.2) is 0 Å². The van der Waals surface area contributed by atoms with Gasteiger partial charge in [0.25, 0.3) is 0 Å². The van der Waals surface area contributed by atoms with Gasteiger partial charge in [-0.1, -0.05) is 13.3 Å². The number of hydrogen-bond acceptors (Lipinski definition) is 2. The Hall–Kier alpha value is -0.180. The van der Waals surface area contributed by atoms with Crippen LogP contribution in [0.25, 0.3) is 0 Å². The van der Waals surface area contributed by atoms with Gasteiger partial charge >= 0.3 is 0 Å². The lowest BCUT2D eigenvalue weighted by atomic mass is 10.4. The number of hydrogen-bond donors (Lipinski definition) is 0. The van der Waals surface area contributed by atoms with Crippen molar-refractivity contribution in [3.8, 4) is 0 Å². The van der Waals surface area contributed by atoms with Crippen LogP contribution in [0, 0.1) is 0 Å². The van der Waals surface area contributed by atoms with E-state index in [4.69, 9.17) is 0 Å². The van der Waals surface area contributed by atoms with Crippen molar-refractivity contribution in [3.63, 3.8) is 0 Å². The second kappa shape index (κ2) is 6.53.